The molecule has 0 spiro atoms. The fourth-order valence-corrected chi connectivity index (χ4v) is 5.06. The highest BCUT2D eigenvalue weighted by Gasteiger charge is 2.40. The summed E-state index contributed by atoms with van der Waals surface area (Å²) in [6, 6.07) is 0. The molecule has 0 saturated heterocycles. The van der Waals surface area contributed by atoms with Gasteiger partial charge in [-0.05, 0) is 55.8 Å². The monoisotopic (exact) mass is 358 g/mol. The zero-order valence-electron chi connectivity index (χ0n) is 14.6. The summed E-state index contributed by atoms with van der Waals surface area (Å²) >= 11 is 3.77. The fourth-order valence-electron chi connectivity index (χ4n) is 4.37. The number of hydrogen-bond donors (Lipinski definition) is 0. The van der Waals surface area contributed by atoms with Gasteiger partial charge in [0.2, 0.25) is 0 Å². The van der Waals surface area contributed by atoms with Gasteiger partial charge in [0, 0.05) is 5.33 Å². The minimum Gasteiger partial charge on any atom is -0.371 e. The quantitative estimate of drug-likeness (QED) is 0.532. The molecule has 2 fully saturated rings. The first-order valence-corrected chi connectivity index (χ1v) is 10.2. The van der Waals surface area contributed by atoms with Crippen LogP contribution in [0.15, 0.2) is 0 Å². The van der Waals surface area contributed by atoms with Crippen LogP contribution in [-0.2, 0) is 4.74 Å². The van der Waals surface area contributed by atoms with E-state index >= 15 is 0 Å². The summed E-state index contributed by atoms with van der Waals surface area (Å²) in [6.45, 7) is 9.52. The van der Waals surface area contributed by atoms with Gasteiger partial charge in [0.15, 0.2) is 0 Å². The molecule has 0 aromatic rings. The van der Waals surface area contributed by atoms with Gasteiger partial charge in [-0.2, -0.15) is 0 Å². The Morgan fingerprint density at radius 3 is 2.29 bits per heavy atom. The molecule has 124 valence electrons. The van der Waals surface area contributed by atoms with Crippen molar-refractivity contribution in [3.8, 4) is 0 Å². The molecule has 2 rings (SSSR count). The van der Waals surface area contributed by atoms with Crippen molar-refractivity contribution in [2.75, 3.05) is 5.33 Å². The van der Waals surface area contributed by atoms with Gasteiger partial charge in [0.1, 0.15) is 0 Å². The summed E-state index contributed by atoms with van der Waals surface area (Å²) < 4.78 is 6.72. The van der Waals surface area contributed by atoms with Crippen molar-refractivity contribution in [2.45, 2.75) is 97.2 Å². The minimum absolute atomic E-state index is 0.127. The van der Waals surface area contributed by atoms with Crippen molar-refractivity contribution >= 4 is 15.9 Å². The third-order valence-electron chi connectivity index (χ3n) is 6.09. The Hall–Kier alpha value is 0.440. The van der Waals surface area contributed by atoms with Crippen LogP contribution >= 0.6 is 15.9 Å². The lowest BCUT2D eigenvalue weighted by Crippen LogP contribution is -2.44. The molecule has 2 aliphatic rings. The molecule has 0 amide bonds. The molecule has 0 aromatic heterocycles. The predicted octanol–water partition coefficient (Wildman–Crippen LogP) is 6.34. The zero-order valence-corrected chi connectivity index (χ0v) is 16.2. The lowest BCUT2D eigenvalue weighted by atomic mass is 9.68. The number of ether oxygens (including phenoxy) is 1. The summed E-state index contributed by atoms with van der Waals surface area (Å²) in [5, 5.41) is 1.02. The van der Waals surface area contributed by atoms with Crippen molar-refractivity contribution in [3.63, 3.8) is 0 Å². The first-order valence-electron chi connectivity index (χ1n) is 9.12. The minimum atomic E-state index is 0.127. The maximum absolute atomic E-state index is 6.72. The molecular weight excluding hydrogens is 324 g/mol. The largest absolute Gasteiger partial charge is 0.371 e. The lowest BCUT2D eigenvalue weighted by molar-refractivity contribution is -0.125. The first kappa shape index (κ1) is 17.8. The van der Waals surface area contributed by atoms with Gasteiger partial charge in [0.25, 0.3) is 0 Å². The Balaban J connectivity index is 1.91. The molecule has 2 atom stereocenters. The van der Waals surface area contributed by atoms with Gasteiger partial charge in [-0.15, -0.1) is 0 Å². The molecule has 2 aliphatic carbocycles. The number of halogens is 1. The second kappa shape index (κ2) is 7.34. The Morgan fingerprint density at radius 2 is 1.76 bits per heavy atom. The molecule has 0 aliphatic heterocycles. The average Bonchev–Trinajstić information content (AvgIpc) is 2.47. The van der Waals surface area contributed by atoms with Gasteiger partial charge < -0.3 is 4.74 Å². The van der Waals surface area contributed by atoms with Crippen LogP contribution < -0.4 is 0 Å². The SMILES string of the molecule is CCC1CCCC(OC2(CBr)CCC(C(C)(C)C)CC2)C1. The second-order valence-electron chi connectivity index (χ2n) is 8.64. The Kier molecular flexibility index (Phi) is 6.22. The molecule has 2 heteroatoms. The van der Waals surface area contributed by atoms with Crippen molar-refractivity contribution in [2.24, 2.45) is 17.3 Å². The zero-order chi connectivity index (χ0) is 15.5. The van der Waals surface area contributed by atoms with Crippen LogP contribution in [-0.4, -0.2) is 17.0 Å². The third-order valence-corrected chi connectivity index (χ3v) is 7.12. The molecule has 0 radical (unpaired) electrons. The van der Waals surface area contributed by atoms with E-state index < -0.39 is 0 Å². The molecule has 0 aromatic carbocycles. The highest BCUT2D eigenvalue weighted by Crippen LogP contribution is 2.45. The van der Waals surface area contributed by atoms with Crippen LogP contribution in [0.2, 0.25) is 0 Å². The first-order chi connectivity index (χ1) is 9.88. The summed E-state index contributed by atoms with van der Waals surface area (Å²) in [5.74, 6) is 1.77. The van der Waals surface area contributed by atoms with E-state index in [2.05, 4.69) is 43.6 Å². The van der Waals surface area contributed by atoms with Gasteiger partial charge in [-0.3, -0.25) is 0 Å². The maximum Gasteiger partial charge on any atom is 0.0782 e. The molecule has 0 bridgehead atoms. The normalized spacial score (nSPS) is 38.4. The van der Waals surface area contributed by atoms with E-state index in [9.17, 15) is 0 Å². The number of alkyl halides is 1. The van der Waals surface area contributed by atoms with Crippen LogP contribution in [0.1, 0.15) is 85.5 Å². The van der Waals surface area contributed by atoms with Crippen LogP contribution in [0.3, 0.4) is 0 Å². The van der Waals surface area contributed by atoms with E-state index in [-0.39, 0.29) is 5.60 Å². The van der Waals surface area contributed by atoms with Crippen molar-refractivity contribution in [1.29, 1.82) is 0 Å². The number of rotatable bonds is 4. The van der Waals surface area contributed by atoms with Gasteiger partial charge >= 0.3 is 0 Å². The van der Waals surface area contributed by atoms with Gasteiger partial charge in [-0.25, -0.2) is 0 Å². The summed E-state index contributed by atoms with van der Waals surface area (Å²) in [7, 11) is 0. The Labute approximate surface area is 140 Å². The molecule has 1 nitrogen and oxygen atoms in total. The highest BCUT2D eigenvalue weighted by molar-refractivity contribution is 9.09. The molecule has 2 saturated carbocycles. The van der Waals surface area contributed by atoms with Crippen LogP contribution in [0, 0.1) is 17.3 Å². The lowest BCUT2D eigenvalue weighted by Gasteiger charge is -2.45. The highest BCUT2D eigenvalue weighted by atomic mass is 79.9. The standard InChI is InChI=1S/C19H35BrO/c1-5-15-7-6-8-17(13-15)21-19(14-20)11-9-16(10-12-19)18(2,3)4/h15-17H,5-14H2,1-4H3. The predicted molar refractivity (Wildman–Crippen MR) is 95.1 cm³/mol. The topological polar surface area (TPSA) is 9.23 Å². The van der Waals surface area contributed by atoms with E-state index in [1.807, 2.05) is 0 Å². The molecule has 21 heavy (non-hydrogen) atoms. The van der Waals surface area contributed by atoms with E-state index in [0.717, 1.165) is 17.2 Å². The fraction of sp³-hybridized carbons (Fsp3) is 1.00. The van der Waals surface area contributed by atoms with Gasteiger partial charge in [-0.1, -0.05) is 62.9 Å². The van der Waals surface area contributed by atoms with E-state index in [0.29, 0.717) is 11.5 Å². The summed E-state index contributed by atoms with van der Waals surface area (Å²) in [4.78, 5) is 0. The van der Waals surface area contributed by atoms with Crippen LogP contribution in [0.25, 0.3) is 0 Å². The maximum atomic E-state index is 6.72. The smallest absolute Gasteiger partial charge is 0.0782 e. The van der Waals surface area contributed by atoms with Crippen LogP contribution in [0.4, 0.5) is 0 Å². The van der Waals surface area contributed by atoms with E-state index in [1.165, 1.54) is 57.8 Å². The van der Waals surface area contributed by atoms with E-state index in [4.69, 9.17) is 4.74 Å². The third kappa shape index (κ3) is 4.70. The molecular formula is C19H35BrO. The second-order valence-corrected chi connectivity index (χ2v) is 9.20. The summed E-state index contributed by atoms with van der Waals surface area (Å²) in [5.41, 5.74) is 0.582. The van der Waals surface area contributed by atoms with Crippen molar-refractivity contribution in [3.05, 3.63) is 0 Å². The summed E-state index contributed by atoms with van der Waals surface area (Å²) in [6.07, 6.45) is 12.4. The Morgan fingerprint density at radius 1 is 1.10 bits per heavy atom. The molecule has 0 N–H and O–H groups in total. The Bertz CT molecular complexity index is 312. The van der Waals surface area contributed by atoms with Crippen molar-refractivity contribution in [1.82, 2.24) is 0 Å². The molecule has 0 heterocycles. The van der Waals surface area contributed by atoms with Crippen molar-refractivity contribution < 1.29 is 4.74 Å². The molecule has 2 unspecified atom stereocenters. The van der Waals surface area contributed by atoms with E-state index in [1.54, 1.807) is 0 Å². The number of hydrogen-bond acceptors (Lipinski definition) is 1. The van der Waals surface area contributed by atoms with Gasteiger partial charge in [0.05, 0.1) is 11.7 Å². The average molecular weight is 359 g/mol. The van der Waals surface area contributed by atoms with Crippen LogP contribution in [0.5, 0.6) is 0 Å².